The van der Waals surface area contributed by atoms with Crippen LogP contribution in [0.5, 0.6) is 17.4 Å². The van der Waals surface area contributed by atoms with Crippen molar-refractivity contribution in [1.29, 1.82) is 0 Å². The van der Waals surface area contributed by atoms with Gasteiger partial charge >= 0.3 is 0 Å². The minimum Gasteiger partial charge on any atom is -0.504 e. The van der Waals surface area contributed by atoms with Gasteiger partial charge in [0.1, 0.15) is 0 Å². The summed E-state index contributed by atoms with van der Waals surface area (Å²) < 4.78 is 5.49. The number of carbonyl (C=O) groups excluding carboxylic acids is 1. The maximum atomic E-state index is 11.3. The Labute approximate surface area is 119 Å². The molecule has 6 heteroatoms. The third-order valence-electron chi connectivity index (χ3n) is 2.93. The van der Waals surface area contributed by atoms with E-state index >= 15 is 0 Å². The van der Waals surface area contributed by atoms with Gasteiger partial charge in [0.2, 0.25) is 0 Å². The van der Waals surface area contributed by atoms with Crippen molar-refractivity contribution in [3.8, 4) is 17.4 Å². The minimum atomic E-state index is -0.752. The zero-order chi connectivity index (χ0) is 14.8. The molecule has 3 N–H and O–H groups in total. The maximum absolute atomic E-state index is 11.3. The predicted octanol–water partition coefficient (Wildman–Crippen LogP) is 2.23. The number of primary amides is 1. The number of hydrogen-bond donors (Lipinski definition) is 2. The van der Waals surface area contributed by atoms with Gasteiger partial charge < -0.3 is 15.6 Å². The number of fused-ring (bicyclic) bond motifs is 1. The van der Waals surface area contributed by atoms with Gasteiger partial charge in [-0.25, -0.2) is 9.97 Å². The summed E-state index contributed by atoms with van der Waals surface area (Å²) in [5, 5.41) is 11.8. The van der Waals surface area contributed by atoms with E-state index in [0.29, 0.717) is 0 Å². The second-order valence-corrected chi connectivity index (χ2v) is 4.34. The van der Waals surface area contributed by atoms with Crippen LogP contribution in [0.15, 0.2) is 48.8 Å². The Hall–Kier alpha value is -3.15. The number of phenols is 1. The first-order valence-corrected chi connectivity index (χ1v) is 6.15. The quantitative estimate of drug-likeness (QED) is 0.767. The van der Waals surface area contributed by atoms with Gasteiger partial charge in [0.05, 0.1) is 0 Å². The number of carbonyl (C=O) groups is 1. The number of hydrogen-bond acceptors (Lipinski definition) is 5. The summed E-state index contributed by atoms with van der Waals surface area (Å²) in [6.07, 6.45) is 2.72. The normalized spacial score (nSPS) is 10.5. The molecule has 0 aliphatic carbocycles. The van der Waals surface area contributed by atoms with Gasteiger partial charge in [0.25, 0.3) is 11.8 Å². The van der Waals surface area contributed by atoms with Crippen LogP contribution in [0.25, 0.3) is 10.8 Å². The average Bonchev–Trinajstić information content (AvgIpc) is 2.48. The van der Waals surface area contributed by atoms with Crippen LogP contribution in [0, 0.1) is 0 Å². The topological polar surface area (TPSA) is 98.3 Å². The fraction of sp³-hybridized carbons (Fsp3) is 0. The summed E-state index contributed by atoms with van der Waals surface area (Å²) in [6.45, 7) is 0. The van der Waals surface area contributed by atoms with E-state index in [0.717, 1.165) is 10.8 Å². The molecule has 3 aromatic rings. The Morgan fingerprint density at radius 2 is 1.76 bits per heavy atom. The van der Waals surface area contributed by atoms with E-state index in [9.17, 15) is 9.90 Å². The molecule has 21 heavy (non-hydrogen) atoms. The molecular formula is C15H11N3O3. The van der Waals surface area contributed by atoms with Crippen LogP contribution in [-0.4, -0.2) is 21.0 Å². The number of rotatable bonds is 3. The van der Waals surface area contributed by atoms with Gasteiger partial charge in [0.15, 0.2) is 17.2 Å². The number of nitrogens with zero attached hydrogens (tertiary/aromatic N) is 2. The van der Waals surface area contributed by atoms with Crippen molar-refractivity contribution < 1.29 is 14.6 Å². The predicted molar refractivity (Wildman–Crippen MR) is 76.2 cm³/mol. The smallest absolute Gasteiger partial charge is 0.272 e. The molecule has 0 spiro atoms. The van der Waals surface area contributed by atoms with Crippen LogP contribution in [0.4, 0.5) is 0 Å². The molecule has 1 amide bonds. The molecular weight excluding hydrogens is 270 g/mol. The molecule has 104 valence electrons. The van der Waals surface area contributed by atoms with Crippen molar-refractivity contribution in [3.63, 3.8) is 0 Å². The lowest BCUT2D eigenvalue weighted by molar-refractivity contribution is 0.0992. The minimum absolute atomic E-state index is 0.0458. The van der Waals surface area contributed by atoms with Gasteiger partial charge in [0, 0.05) is 12.4 Å². The van der Waals surface area contributed by atoms with Crippen LogP contribution in [-0.2, 0) is 0 Å². The van der Waals surface area contributed by atoms with Crippen molar-refractivity contribution >= 4 is 16.7 Å². The summed E-state index contributed by atoms with van der Waals surface area (Å²) in [5.74, 6) is -0.680. The largest absolute Gasteiger partial charge is 0.504 e. The Morgan fingerprint density at radius 1 is 1.10 bits per heavy atom. The highest BCUT2D eigenvalue weighted by Crippen LogP contribution is 2.34. The summed E-state index contributed by atoms with van der Waals surface area (Å²) in [4.78, 5) is 19.0. The Kier molecular flexibility index (Phi) is 3.12. The number of phenolic OH excluding ortho intramolecular Hbond substituents is 1. The van der Waals surface area contributed by atoms with Gasteiger partial charge in [-0.2, -0.15) is 0 Å². The molecule has 0 radical (unpaired) electrons. The Bertz CT molecular complexity index is 833. The van der Waals surface area contributed by atoms with E-state index in [4.69, 9.17) is 10.5 Å². The fourth-order valence-corrected chi connectivity index (χ4v) is 1.96. The van der Waals surface area contributed by atoms with Crippen LogP contribution in [0.3, 0.4) is 0 Å². The first kappa shape index (κ1) is 12.9. The molecule has 0 fully saturated rings. The molecule has 0 unspecified atom stereocenters. The molecule has 2 aromatic carbocycles. The molecule has 0 aliphatic heterocycles. The lowest BCUT2D eigenvalue weighted by Gasteiger charge is -2.09. The maximum Gasteiger partial charge on any atom is 0.272 e. The summed E-state index contributed by atoms with van der Waals surface area (Å²) in [6, 6.07) is 10.7. The van der Waals surface area contributed by atoms with Crippen molar-refractivity contribution in [2.75, 3.05) is 0 Å². The lowest BCUT2D eigenvalue weighted by atomic mass is 10.1. The molecule has 3 rings (SSSR count). The van der Waals surface area contributed by atoms with Gasteiger partial charge in [-0.3, -0.25) is 4.79 Å². The Morgan fingerprint density at radius 3 is 2.48 bits per heavy atom. The number of benzene rings is 2. The molecule has 0 bridgehead atoms. The molecule has 1 heterocycles. The average molecular weight is 281 g/mol. The highest BCUT2D eigenvalue weighted by Gasteiger charge is 2.15. The lowest BCUT2D eigenvalue weighted by Crippen LogP contribution is -2.14. The van der Waals surface area contributed by atoms with Crippen LogP contribution >= 0.6 is 0 Å². The number of ether oxygens (including phenoxy) is 1. The SMILES string of the molecule is NC(=O)c1nccnc1Oc1cc2ccccc2cc1O. The highest BCUT2D eigenvalue weighted by atomic mass is 16.5. The number of nitrogens with two attached hydrogens (primary N) is 1. The number of aromatic hydroxyl groups is 1. The van der Waals surface area contributed by atoms with E-state index < -0.39 is 5.91 Å². The first-order valence-electron chi connectivity index (χ1n) is 6.15. The molecule has 1 aromatic heterocycles. The zero-order valence-corrected chi connectivity index (χ0v) is 10.9. The monoisotopic (exact) mass is 281 g/mol. The second kappa shape index (κ2) is 5.09. The van der Waals surface area contributed by atoms with Gasteiger partial charge in [-0.15, -0.1) is 0 Å². The molecule has 0 saturated heterocycles. The van der Waals surface area contributed by atoms with Crippen molar-refractivity contribution in [2.24, 2.45) is 5.73 Å². The van der Waals surface area contributed by atoms with Gasteiger partial charge in [-0.1, -0.05) is 24.3 Å². The van der Waals surface area contributed by atoms with Crippen LogP contribution < -0.4 is 10.5 Å². The zero-order valence-electron chi connectivity index (χ0n) is 10.9. The molecule has 0 aliphatic rings. The third-order valence-corrected chi connectivity index (χ3v) is 2.93. The van der Waals surface area contributed by atoms with Gasteiger partial charge in [-0.05, 0) is 22.9 Å². The van der Waals surface area contributed by atoms with Crippen molar-refractivity contribution in [3.05, 3.63) is 54.5 Å². The van der Waals surface area contributed by atoms with E-state index in [2.05, 4.69) is 9.97 Å². The molecule has 0 atom stereocenters. The second-order valence-electron chi connectivity index (χ2n) is 4.34. The summed E-state index contributed by atoms with van der Waals surface area (Å²) in [7, 11) is 0. The molecule has 0 saturated carbocycles. The third kappa shape index (κ3) is 2.46. The van der Waals surface area contributed by atoms with E-state index in [1.54, 1.807) is 12.1 Å². The standard InChI is InChI=1S/C15H11N3O3/c16-14(20)13-15(18-6-5-17-13)21-12-8-10-4-2-1-3-9(10)7-11(12)19/h1-8,19H,(H2,16,20). The number of aromatic nitrogens is 2. The van der Waals surface area contributed by atoms with Crippen LogP contribution in [0.2, 0.25) is 0 Å². The first-order chi connectivity index (χ1) is 10.1. The summed E-state index contributed by atoms with van der Waals surface area (Å²) >= 11 is 0. The highest BCUT2D eigenvalue weighted by molar-refractivity contribution is 5.93. The fourth-order valence-electron chi connectivity index (χ4n) is 1.96. The number of amides is 1. The van der Waals surface area contributed by atoms with E-state index in [-0.39, 0.29) is 23.1 Å². The molecule has 6 nitrogen and oxygen atoms in total. The summed E-state index contributed by atoms with van der Waals surface area (Å²) in [5.41, 5.74) is 5.12. The van der Waals surface area contributed by atoms with Crippen LogP contribution in [0.1, 0.15) is 10.5 Å². The van der Waals surface area contributed by atoms with E-state index in [1.807, 2.05) is 24.3 Å². The van der Waals surface area contributed by atoms with E-state index in [1.165, 1.54) is 12.4 Å². The Balaban J connectivity index is 2.06. The van der Waals surface area contributed by atoms with Crippen molar-refractivity contribution in [2.45, 2.75) is 0 Å². The van der Waals surface area contributed by atoms with Crippen molar-refractivity contribution in [1.82, 2.24) is 9.97 Å².